The summed E-state index contributed by atoms with van der Waals surface area (Å²) in [7, 11) is 1.76. The standard InChI is InChI=1S/C21H26N2O3/c1-15(2)22-21(24)23(3)18-5-7-19(8-6-18)25-12-10-16-4-9-20-17(14-16)11-13-26-20/h4-9,14-15H,10-13H2,1-3H3,(H,22,24). The zero-order valence-electron chi connectivity index (χ0n) is 15.6. The number of hydrogen-bond donors (Lipinski definition) is 1. The second-order valence-corrected chi connectivity index (χ2v) is 6.80. The lowest BCUT2D eigenvalue weighted by molar-refractivity contribution is 0.245. The molecule has 26 heavy (non-hydrogen) atoms. The SMILES string of the molecule is CC(C)NC(=O)N(C)c1ccc(OCCc2ccc3c(c2)CCO3)cc1. The Bertz CT molecular complexity index is 756. The van der Waals surface area contributed by atoms with Gasteiger partial charge in [0.25, 0.3) is 0 Å². The first-order valence-electron chi connectivity index (χ1n) is 9.04. The monoisotopic (exact) mass is 354 g/mol. The Balaban J connectivity index is 1.50. The summed E-state index contributed by atoms with van der Waals surface area (Å²) >= 11 is 0. The first-order chi connectivity index (χ1) is 12.5. The number of amides is 2. The fourth-order valence-corrected chi connectivity index (χ4v) is 2.91. The van der Waals surface area contributed by atoms with Crippen molar-refractivity contribution in [3.8, 4) is 11.5 Å². The molecule has 0 spiro atoms. The molecule has 1 heterocycles. The van der Waals surface area contributed by atoms with Crippen LogP contribution in [0.5, 0.6) is 11.5 Å². The largest absolute Gasteiger partial charge is 0.493 e. The molecule has 2 amide bonds. The zero-order valence-corrected chi connectivity index (χ0v) is 15.6. The van der Waals surface area contributed by atoms with Crippen LogP contribution in [-0.2, 0) is 12.8 Å². The van der Waals surface area contributed by atoms with Gasteiger partial charge in [-0.2, -0.15) is 0 Å². The van der Waals surface area contributed by atoms with Gasteiger partial charge in [0.2, 0.25) is 0 Å². The predicted octanol–water partition coefficient (Wildman–Crippen LogP) is 3.80. The molecule has 0 bridgehead atoms. The van der Waals surface area contributed by atoms with Crippen LogP contribution in [0.3, 0.4) is 0 Å². The van der Waals surface area contributed by atoms with Gasteiger partial charge >= 0.3 is 6.03 Å². The third-order valence-corrected chi connectivity index (χ3v) is 4.35. The molecular weight excluding hydrogens is 328 g/mol. The first-order valence-corrected chi connectivity index (χ1v) is 9.04. The van der Waals surface area contributed by atoms with Gasteiger partial charge in [0, 0.05) is 31.6 Å². The summed E-state index contributed by atoms with van der Waals surface area (Å²) < 4.78 is 11.4. The highest BCUT2D eigenvalue weighted by Crippen LogP contribution is 2.26. The lowest BCUT2D eigenvalue weighted by Crippen LogP contribution is -2.40. The molecule has 1 aliphatic rings. The summed E-state index contributed by atoms with van der Waals surface area (Å²) in [5, 5.41) is 2.87. The minimum atomic E-state index is -0.116. The van der Waals surface area contributed by atoms with Crippen molar-refractivity contribution >= 4 is 11.7 Å². The van der Waals surface area contributed by atoms with E-state index in [2.05, 4.69) is 17.4 Å². The van der Waals surface area contributed by atoms with Crippen LogP contribution in [0, 0.1) is 0 Å². The number of nitrogens with zero attached hydrogens (tertiary/aromatic N) is 1. The van der Waals surface area contributed by atoms with Crippen molar-refractivity contribution in [1.82, 2.24) is 5.32 Å². The maximum Gasteiger partial charge on any atom is 0.321 e. The second-order valence-electron chi connectivity index (χ2n) is 6.80. The quantitative estimate of drug-likeness (QED) is 0.858. The molecule has 0 saturated carbocycles. The summed E-state index contributed by atoms with van der Waals surface area (Å²) in [6.07, 6.45) is 1.84. The highest BCUT2D eigenvalue weighted by molar-refractivity contribution is 5.91. The molecule has 0 atom stereocenters. The van der Waals surface area contributed by atoms with Gasteiger partial charge in [-0.05, 0) is 55.3 Å². The topological polar surface area (TPSA) is 50.8 Å². The Kier molecular flexibility index (Phi) is 5.66. The van der Waals surface area contributed by atoms with Crippen molar-refractivity contribution in [3.05, 3.63) is 53.6 Å². The minimum Gasteiger partial charge on any atom is -0.493 e. The molecule has 1 aliphatic heterocycles. The number of hydrogen-bond acceptors (Lipinski definition) is 3. The highest BCUT2D eigenvalue weighted by atomic mass is 16.5. The number of urea groups is 1. The molecule has 138 valence electrons. The molecule has 3 rings (SSSR count). The Hall–Kier alpha value is -2.69. The first kappa shape index (κ1) is 18.1. The number of ether oxygens (including phenoxy) is 2. The van der Waals surface area contributed by atoms with Gasteiger partial charge in [0.05, 0.1) is 13.2 Å². The fourth-order valence-electron chi connectivity index (χ4n) is 2.91. The maximum absolute atomic E-state index is 12.0. The smallest absolute Gasteiger partial charge is 0.321 e. The van der Waals surface area contributed by atoms with E-state index < -0.39 is 0 Å². The van der Waals surface area contributed by atoms with Crippen LogP contribution in [-0.4, -0.2) is 32.3 Å². The van der Waals surface area contributed by atoms with Crippen molar-refractivity contribution in [2.24, 2.45) is 0 Å². The molecular formula is C21H26N2O3. The van der Waals surface area contributed by atoms with Gasteiger partial charge in [0.15, 0.2) is 0 Å². The van der Waals surface area contributed by atoms with E-state index in [1.807, 2.05) is 44.2 Å². The lowest BCUT2D eigenvalue weighted by Gasteiger charge is -2.20. The molecule has 0 aliphatic carbocycles. The van der Waals surface area contributed by atoms with E-state index in [9.17, 15) is 4.79 Å². The van der Waals surface area contributed by atoms with Crippen molar-refractivity contribution in [3.63, 3.8) is 0 Å². The maximum atomic E-state index is 12.0. The third kappa shape index (κ3) is 4.48. The van der Waals surface area contributed by atoms with E-state index in [0.29, 0.717) is 6.61 Å². The van der Waals surface area contributed by atoms with Gasteiger partial charge in [-0.25, -0.2) is 4.79 Å². The number of rotatable bonds is 6. The van der Waals surface area contributed by atoms with Crippen LogP contribution in [0.1, 0.15) is 25.0 Å². The van der Waals surface area contributed by atoms with Gasteiger partial charge < -0.3 is 14.8 Å². The van der Waals surface area contributed by atoms with Crippen LogP contribution < -0.4 is 19.7 Å². The van der Waals surface area contributed by atoms with Crippen LogP contribution in [0.15, 0.2) is 42.5 Å². The van der Waals surface area contributed by atoms with Crippen molar-refractivity contribution in [2.75, 3.05) is 25.2 Å². The average molecular weight is 354 g/mol. The van der Waals surface area contributed by atoms with E-state index in [1.54, 1.807) is 11.9 Å². The van der Waals surface area contributed by atoms with Crippen LogP contribution in [0.25, 0.3) is 0 Å². The molecule has 5 heteroatoms. The molecule has 0 unspecified atom stereocenters. The number of carbonyl (C=O) groups excluding carboxylic acids is 1. The normalized spacial score (nSPS) is 12.5. The lowest BCUT2D eigenvalue weighted by atomic mass is 10.1. The number of nitrogens with one attached hydrogen (secondary N) is 1. The Morgan fingerprint density at radius 1 is 1.23 bits per heavy atom. The number of anilines is 1. The van der Waals surface area contributed by atoms with Gasteiger partial charge in [-0.15, -0.1) is 0 Å². The number of fused-ring (bicyclic) bond motifs is 1. The average Bonchev–Trinajstić information content (AvgIpc) is 3.09. The van der Waals surface area contributed by atoms with E-state index in [-0.39, 0.29) is 12.1 Å². The predicted molar refractivity (Wildman–Crippen MR) is 103 cm³/mol. The Morgan fingerprint density at radius 3 is 2.73 bits per heavy atom. The number of carbonyl (C=O) groups is 1. The molecule has 5 nitrogen and oxygen atoms in total. The molecule has 0 saturated heterocycles. The second kappa shape index (κ2) is 8.13. The van der Waals surface area contributed by atoms with E-state index in [0.717, 1.165) is 36.6 Å². The summed E-state index contributed by atoms with van der Waals surface area (Å²) in [6.45, 7) is 5.28. The van der Waals surface area contributed by atoms with Gasteiger partial charge in [-0.3, -0.25) is 4.90 Å². The van der Waals surface area contributed by atoms with Crippen LogP contribution in [0.4, 0.5) is 10.5 Å². The molecule has 0 fully saturated rings. The fraction of sp³-hybridized carbons (Fsp3) is 0.381. The Morgan fingerprint density at radius 2 is 2.00 bits per heavy atom. The number of benzene rings is 2. The van der Waals surface area contributed by atoms with Gasteiger partial charge in [0.1, 0.15) is 11.5 Å². The molecule has 1 N–H and O–H groups in total. The zero-order chi connectivity index (χ0) is 18.5. The molecule has 2 aromatic rings. The van der Waals surface area contributed by atoms with E-state index in [4.69, 9.17) is 9.47 Å². The molecule has 0 aromatic heterocycles. The highest BCUT2D eigenvalue weighted by Gasteiger charge is 2.13. The van der Waals surface area contributed by atoms with Crippen molar-refractivity contribution < 1.29 is 14.3 Å². The molecule has 0 radical (unpaired) electrons. The van der Waals surface area contributed by atoms with Gasteiger partial charge in [-0.1, -0.05) is 12.1 Å². The van der Waals surface area contributed by atoms with Crippen LogP contribution >= 0.6 is 0 Å². The third-order valence-electron chi connectivity index (χ3n) is 4.35. The molecule has 2 aromatic carbocycles. The van der Waals surface area contributed by atoms with Crippen LogP contribution in [0.2, 0.25) is 0 Å². The van der Waals surface area contributed by atoms with E-state index >= 15 is 0 Å². The minimum absolute atomic E-state index is 0.110. The summed E-state index contributed by atoms with van der Waals surface area (Å²) in [4.78, 5) is 13.6. The van der Waals surface area contributed by atoms with Crippen molar-refractivity contribution in [2.45, 2.75) is 32.7 Å². The van der Waals surface area contributed by atoms with Crippen molar-refractivity contribution in [1.29, 1.82) is 0 Å². The summed E-state index contributed by atoms with van der Waals surface area (Å²) in [6, 6.07) is 13.9. The Labute approximate surface area is 154 Å². The summed E-state index contributed by atoms with van der Waals surface area (Å²) in [5.41, 5.74) is 3.37. The summed E-state index contributed by atoms with van der Waals surface area (Å²) in [5.74, 6) is 1.81. The van der Waals surface area contributed by atoms with E-state index in [1.165, 1.54) is 11.1 Å².